The Morgan fingerprint density at radius 3 is 2.47 bits per heavy atom. The van der Waals surface area contributed by atoms with Gasteiger partial charge in [0.25, 0.3) is 0 Å². The Bertz CT molecular complexity index is 457. The lowest BCUT2D eigenvalue weighted by Crippen LogP contribution is -2.02. The van der Waals surface area contributed by atoms with E-state index in [0.717, 1.165) is 12.1 Å². The third-order valence-electron chi connectivity index (χ3n) is 2.66. The van der Waals surface area contributed by atoms with Crippen LogP contribution in [0.25, 0.3) is 0 Å². The zero-order chi connectivity index (χ0) is 10.8. The van der Waals surface area contributed by atoms with Crippen LogP contribution in [0.1, 0.15) is 17.0 Å². The molecular formula is C12H15N3. The molecule has 3 heteroatoms. The molecule has 1 aromatic heterocycles. The number of aromatic nitrogens is 2. The average molecular weight is 201 g/mol. The fraction of sp³-hybridized carbons (Fsp3) is 0.250. The van der Waals surface area contributed by atoms with E-state index in [4.69, 9.17) is 5.73 Å². The molecule has 78 valence electrons. The molecule has 0 spiro atoms. The van der Waals surface area contributed by atoms with Crippen LogP contribution < -0.4 is 5.73 Å². The Labute approximate surface area is 89.6 Å². The van der Waals surface area contributed by atoms with Crippen LogP contribution in [0.4, 0.5) is 5.95 Å². The lowest BCUT2D eigenvalue weighted by Gasteiger charge is -2.04. The molecule has 0 aliphatic heterocycles. The summed E-state index contributed by atoms with van der Waals surface area (Å²) in [4.78, 5) is 4.25. The number of hydrogen-bond donors (Lipinski definition) is 1. The number of benzene rings is 1. The molecule has 0 aliphatic rings. The molecule has 1 heterocycles. The second kappa shape index (κ2) is 3.77. The molecule has 15 heavy (non-hydrogen) atoms. The predicted octanol–water partition coefficient (Wildman–Crippen LogP) is 1.90. The summed E-state index contributed by atoms with van der Waals surface area (Å²) in [7, 11) is 1.95. The van der Waals surface area contributed by atoms with Gasteiger partial charge in [-0.2, -0.15) is 0 Å². The fourth-order valence-corrected chi connectivity index (χ4v) is 1.73. The van der Waals surface area contributed by atoms with Crippen LogP contribution in [-0.4, -0.2) is 9.55 Å². The van der Waals surface area contributed by atoms with E-state index in [9.17, 15) is 0 Å². The van der Waals surface area contributed by atoms with E-state index in [1.54, 1.807) is 0 Å². The zero-order valence-electron chi connectivity index (χ0n) is 9.07. The molecule has 2 rings (SSSR count). The van der Waals surface area contributed by atoms with Gasteiger partial charge in [-0.3, -0.25) is 0 Å². The van der Waals surface area contributed by atoms with Crippen molar-refractivity contribution in [3.8, 4) is 0 Å². The SMILES string of the molecule is Cc1nc(N)n(C)c1Cc1ccccc1. The molecule has 0 unspecified atom stereocenters. The van der Waals surface area contributed by atoms with Gasteiger partial charge >= 0.3 is 0 Å². The van der Waals surface area contributed by atoms with Crippen molar-refractivity contribution in [1.82, 2.24) is 9.55 Å². The largest absolute Gasteiger partial charge is 0.369 e. The van der Waals surface area contributed by atoms with Crippen molar-refractivity contribution >= 4 is 5.95 Å². The van der Waals surface area contributed by atoms with E-state index in [0.29, 0.717) is 5.95 Å². The van der Waals surface area contributed by atoms with Crippen molar-refractivity contribution in [3.63, 3.8) is 0 Å². The van der Waals surface area contributed by atoms with E-state index >= 15 is 0 Å². The first-order valence-corrected chi connectivity index (χ1v) is 5.00. The lowest BCUT2D eigenvalue weighted by molar-refractivity contribution is 0.853. The predicted molar refractivity (Wildman–Crippen MR) is 61.6 cm³/mol. The Morgan fingerprint density at radius 2 is 1.93 bits per heavy atom. The van der Waals surface area contributed by atoms with Crippen LogP contribution in [0.2, 0.25) is 0 Å². The minimum absolute atomic E-state index is 0.582. The van der Waals surface area contributed by atoms with Crippen LogP contribution in [0.5, 0.6) is 0 Å². The first-order chi connectivity index (χ1) is 7.18. The van der Waals surface area contributed by atoms with Gasteiger partial charge in [-0.1, -0.05) is 30.3 Å². The van der Waals surface area contributed by atoms with Crippen molar-refractivity contribution in [3.05, 3.63) is 47.3 Å². The molecular weight excluding hydrogens is 186 g/mol. The van der Waals surface area contributed by atoms with Crippen LogP contribution in [0, 0.1) is 6.92 Å². The van der Waals surface area contributed by atoms with Gasteiger partial charge < -0.3 is 10.3 Å². The third-order valence-corrected chi connectivity index (χ3v) is 2.66. The second-order valence-electron chi connectivity index (χ2n) is 3.72. The number of nitrogens with two attached hydrogens (primary N) is 1. The zero-order valence-corrected chi connectivity index (χ0v) is 9.07. The number of anilines is 1. The molecule has 0 saturated heterocycles. The van der Waals surface area contributed by atoms with Gasteiger partial charge in [-0.15, -0.1) is 0 Å². The van der Waals surface area contributed by atoms with Crippen molar-refractivity contribution in [2.45, 2.75) is 13.3 Å². The fourth-order valence-electron chi connectivity index (χ4n) is 1.73. The number of nitrogen functional groups attached to an aromatic ring is 1. The molecule has 2 N–H and O–H groups in total. The second-order valence-corrected chi connectivity index (χ2v) is 3.72. The molecule has 0 atom stereocenters. The molecule has 2 aromatic rings. The van der Waals surface area contributed by atoms with Crippen molar-refractivity contribution in [2.75, 3.05) is 5.73 Å². The van der Waals surface area contributed by atoms with Gasteiger partial charge in [0.05, 0.1) is 5.69 Å². The minimum Gasteiger partial charge on any atom is -0.369 e. The third kappa shape index (κ3) is 1.86. The Kier molecular flexibility index (Phi) is 2.46. The summed E-state index contributed by atoms with van der Waals surface area (Å²) < 4.78 is 1.95. The van der Waals surface area contributed by atoms with Crippen molar-refractivity contribution < 1.29 is 0 Å². The summed E-state index contributed by atoms with van der Waals surface area (Å²) >= 11 is 0. The Hall–Kier alpha value is -1.77. The molecule has 0 amide bonds. The molecule has 0 radical (unpaired) electrons. The molecule has 0 aliphatic carbocycles. The maximum absolute atomic E-state index is 5.75. The van der Waals surface area contributed by atoms with Gasteiger partial charge in [0, 0.05) is 19.2 Å². The van der Waals surface area contributed by atoms with E-state index in [2.05, 4.69) is 17.1 Å². The smallest absolute Gasteiger partial charge is 0.200 e. The summed E-state index contributed by atoms with van der Waals surface area (Å²) in [6.45, 7) is 1.99. The van der Waals surface area contributed by atoms with Crippen LogP contribution in [0.3, 0.4) is 0 Å². The quantitative estimate of drug-likeness (QED) is 0.806. The lowest BCUT2D eigenvalue weighted by atomic mass is 10.1. The molecule has 3 nitrogen and oxygen atoms in total. The molecule has 0 bridgehead atoms. The topological polar surface area (TPSA) is 43.8 Å². The van der Waals surface area contributed by atoms with E-state index < -0.39 is 0 Å². The highest BCUT2D eigenvalue weighted by Gasteiger charge is 2.08. The maximum atomic E-state index is 5.75. The van der Waals surface area contributed by atoms with Crippen LogP contribution in [0.15, 0.2) is 30.3 Å². The first-order valence-electron chi connectivity index (χ1n) is 5.00. The van der Waals surface area contributed by atoms with Crippen molar-refractivity contribution in [2.24, 2.45) is 7.05 Å². The number of imidazole rings is 1. The summed E-state index contributed by atoms with van der Waals surface area (Å²) in [6, 6.07) is 10.3. The van der Waals surface area contributed by atoms with Gasteiger partial charge in [-0.25, -0.2) is 4.98 Å². The van der Waals surface area contributed by atoms with E-state index in [1.165, 1.54) is 11.3 Å². The maximum Gasteiger partial charge on any atom is 0.200 e. The molecule has 0 saturated carbocycles. The van der Waals surface area contributed by atoms with Crippen molar-refractivity contribution in [1.29, 1.82) is 0 Å². The van der Waals surface area contributed by atoms with Crippen LogP contribution in [-0.2, 0) is 13.5 Å². The van der Waals surface area contributed by atoms with Gasteiger partial charge in [-0.05, 0) is 12.5 Å². The summed E-state index contributed by atoms with van der Waals surface area (Å²) in [5.74, 6) is 0.582. The number of rotatable bonds is 2. The highest BCUT2D eigenvalue weighted by atomic mass is 15.1. The first kappa shape index (κ1) is 9.77. The highest BCUT2D eigenvalue weighted by molar-refractivity contribution is 5.32. The standard InChI is InChI=1S/C12H15N3/c1-9-11(15(2)12(13)14-9)8-10-6-4-3-5-7-10/h3-7H,8H2,1-2H3,(H2,13,14). The minimum atomic E-state index is 0.582. The van der Waals surface area contributed by atoms with E-state index in [1.807, 2.05) is 36.7 Å². The molecule has 0 fully saturated rings. The number of hydrogen-bond acceptors (Lipinski definition) is 2. The Morgan fingerprint density at radius 1 is 1.27 bits per heavy atom. The number of aryl methyl sites for hydroxylation is 1. The van der Waals surface area contributed by atoms with Crippen LogP contribution >= 0.6 is 0 Å². The van der Waals surface area contributed by atoms with E-state index in [-0.39, 0.29) is 0 Å². The van der Waals surface area contributed by atoms with Gasteiger partial charge in [0.2, 0.25) is 0 Å². The van der Waals surface area contributed by atoms with Gasteiger partial charge in [0.15, 0.2) is 5.95 Å². The summed E-state index contributed by atoms with van der Waals surface area (Å²) in [5.41, 5.74) is 9.22. The monoisotopic (exact) mass is 201 g/mol. The molecule has 1 aromatic carbocycles. The summed E-state index contributed by atoms with van der Waals surface area (Å²) in [5, 5.41) is 0. The normalized spacial score (nSPS) is 10.5. The van der Waals surface area contributed by atoms with Gasteiger partial charge in [0.1, 0.15) is 0 Å². The number of nitrogens with zero attached hydrogens (tertiary/aromatic N) is 2. The highest BCUT2D eigenvalue weighted by Crippen LogP contribution is 2.15. The summed E-state index contributed by atoms with van der Waals surface area (Å²) in [6.07, 6.45) is 0.882. The Balaban J connectivity index is 2.32. The average Bonchev–Trinajstić information content (AvgIpc) is 2.47.